The van der Waals surface area contributed by atoms with E-state index in [-0.39, 0.29) is 24.7 Å². The molecular formula is C6H10ClF2N. The molecule has 0 aromatic rings. The number of fused-ring (bicyclic) bond motifs is 1. The molecule has 2 aliphatic rings. The maximum absolute atomic E-state index is 12.6. The largest absolute Gasteiger partial charge is 0.320 e. The second kappa shape index (κ2) is 1.83. The molecule has 2 atom stereocenters. The fourth-order valence-corrected chi connectivity index (χ4v) is 1.74. The Bertz CT molecular complexity index is 157. The van der Waals surface area contributed by atoms with Crippen LogP contribution in [0.25, 0.3) is 0 Å². The molecule has 0 aliphatic heterocycles. The van der Waals surface area contributed by atoms with Gasteiger partial charge in [-0.25, -0.2) is 8.78 Å². The van der Waals surface area contributed by atoms with E-state index >= 15 is 0 Å². The third kappa shape index (κ3) is 0.705. The average molecular weight is 170 g/mol. The Labute approximate surface area is 64.4 Å². The second-order valence-electron chi connectivity index (χ2n) is 3.18. The fourth-order valence-electron chi connectivity index (χ4n) is 1.74. The van der Waals surface area contributed by atoms with Gasteiger partial charge in [0.1, 0.15) is 0 Å². The summed E-state index contributed by atoms with van der Waals surface area (Å²) in [5.41, 5.74) is 4.30. The molecule has 1 nitrogen and oxygen atoms in total. The molecule has 0 heterocycles. The Kier molecular flexibility index (Phi) is 1.50. The van der Waals surface area contributed by atoms with Crippen molar-refractivity contribution in [1.82, 2.24) is 0 Å². The first-order valence-electron chi connectivity index (χ1n) is 3.23. The van der Waals surface area contributed by atoms with Crippen molar-refractivity contribution < 1.29 is 8.78 Å². The molecule has 2 saturated carbocycles. The van der Waals surface area contributed by atoms with Crippen molar-refractivity contribution >= 4 is 12.4 Å². The van der Waals surface area contributed by atoms with Crippen LogP contribution in [-0.4, -0.2) is 11.5 Å². The number of hydrogen-bond donors (Lipinski definition) is 1. The second-order valence-corrected chi connectivity index (χ2v) is 3.18. The molecule has 2 N–H and O–H groups in total. The minimum atomic E-state index is -2.56. The van der Waals surface area contributed by atoms with Crippen molar-refractivity contribution in [2.45, 2.75) is 30.7 Å². The van der Waals surface area contributed by atoms with Gasteiger partial charge in [-0.1, -0.05) is 0 Å². The maximum Gasteiger partial charge on any atom is 0.266 e. The molecule has 10 heavy (non-hydrogen) atoms. The summed E-state index contributed by atoms with van der Waals surface area (Å²) in [6.45, 7) is 0. The SMILES string of the molecule is Cl.N[C@]12C[C@H]1CCC2(F)F. The van der Waals surface area contributed by atoms with Gasteiger partial charge in [0.15, 0.2) is 0 Å². The molecular weight excluding hydrogens is 160 g/mol. The number of hydrogen-bond acceptors (Lipinski definition) is 1. The summed E-state index contributed by atoms with van der Waals surface area (Å²) in [6.07, 6.45) is 1.18. The zero-order chi connectivity index (χ0) is 6.70. The quantitative estimate of drug-likeness (QED) is 0.585. The van der Waals surface area contributed by atoms with Crippen LogP contribution in [0.3, 0.4) is 0 Å². The lowest BCUT2D eigenvalue weighted by molar-refractivity contribution is -0.0268. The highest BCUT2D eigenvalue weighted by atomic mass is 35.5. The van der Waals surface area contributed by atoms with Gasteiger partial charge in [0.05, 0.1) is 5.54 Å². The van der Waals surface area contributed by atoms with E-state index in [1.807, 2.05) is 0 Å². The highest BCUT2D eigenvalue weighted by molar-refractivity contribution is 5.85. The lowest BCUT2D eigenvalue weighted by Gasteiger charge is -2.17. The van der Waals surface area contributed by atoms with Gasteiger partial charge in [-0.3, -0.25) is 0 Å². The van der Waals surface area contributed by atoms with Gasteiger partial charge in [-0.15, -0.1) is 12.4 Å². The van der Waals surface area contributed by atoms with Crippen molar-refractivity contribution in [3.63, 3.8) is 0 Å². The summed E-state index contributed by atoms with van der Waals surface area (Å²) in [4.78, 5) is 0. The first kappa shape index (κ1) is 8.21. The molecule has 0 aromatic heterocycles. The zero-order valence-corrected chi connectivity index (χ0v) is 6.26. The van der Waals surface area contributed by atoms with Gasteiger partial charge in [0.2, 0.25) is 0 Å². The van der Waals surface area contributed by atoms with Crippen LogP contribution < -0.4 is 5.73 Å². The van der Waals surface area contributed by atoms with E-state index in [4.69, 9.17) is 5.73 Å². The van der Waals surface area contributed by atoms with E-state index in [2.05, 4.69) is 0 Å². The normalized spacial score (nSPS) is 47.7. The van der Waals surface area contributed by atoms with Crippen molar-refractivity contribution in [2.75, 3.05) is 0 Å². The van der Waals surface area contributed by atoms with E-state index in [0.717, 1.165) is 0 Å². The highest BCUT2D eigenvalue weighted by Crippen LogP contribution is 2.61. The molecule has 4 heteroatoms. The molecule has 0 aromatic carbocycles. The van der Waals surface area contributed by atoms with Crippen molar-refractivity contribution in [2.24, 2.45) is 11.7 Å². The van der Waals surface area contributed by atoms with Gasteiger partial charge < -0.3 is 5.73 Å². The van der Waals surface area contributed by atoms with Crippen LogP contribution >= 0.6 is 12.4 Å². The lowest BCUT2D eigenvalue weighted by Crippen LogP contribution is -2.41. The first-order chi connectivity index (χ1) is 4.06. The van der Waals surface area contributed by atoms with Crippen LogP contribution in [0.1, 0.15) is 19.3 Å². The highest BCUT2D eigenvalue weighted by Gasteiger charge is 2.70. The van der Waals surface area contributed by atoms with E-state index in [0.29, 0.717) is 12.8 Å². The van der Waals surface area contributed by atoms with Crippen LogP contribution in [-0.2, 0) is 0 Å². The average Bonchev–Trinajstić information content (AvgIpc) is 2.34. The Morgan fingerprint density at radius 2 is 2.00 bits per heavy atom. The Hall–Kier alpha value is 0.110. The molecule has 0 radical (unpaired) electrons. The summed E-state index contributed by atoms with van der Waals surface area (Å²) in [7, 11) is 0. The van der Waals surface area contributed by atoms with Gasteiger partial charge in [0, 0.05) is 6.42 Å². The van der Waals surface area contributed by atoms with E-state index in [1.54, 1.807) is 0 Å². The summed E-state index contributed by atoms with van der Waals surface area (Å²) in [6, 6.07) is 0. The standard InChI is InChI=1S/C6H9F2N.ClH/c7-6(8)2-1-4-3-5(4,6)9;/h4H,1-3,9H2;1H/t4-,5-;/m1./s1. The number of nitrogens with two attached hydrogens (primary N) is 1. The molecule has 0 saturated heterocycles. The van der Waals surface area contributed by atoms with E-state index < -0.39 is 11.5 Å². The molecule has 2 fully saturated rings. The Balaban J connectivity index is 0.000000500. The van der Waals surface area contributed by atoms with E-state index in [1.165, 1.54) is 0 Å². The number of rotatable bonds is 0. The monoisotopic (exact) mass is 169 g/mol. The third-order valence-corrected chi connectivity index (χ3v) is 2.64. The van der Waals surface area contributed by atoms with Gasteiger partial charge >= 0.3 is 0 Å². The van der Waals surface area contributed by atoms with Gasteiger partial charge in [-0.05, 0) is 18.8 Å². The predicted octanol–water partition coefficient (Wildman–Crippen LogP) is 1.55. The molecule has 0 bridgehead atoms. The fraction of sp³-hybridized carbons (Fsp3) is 1.00. The van der Waals surface area contributed by atoms with Crippen LogP contribution in [0.4, 0.5) is 8.78 Å². The molecule has 2 aliphatic carbocycles. The molecule has 60 valence electrons. The number of halogens is 3. The van der Waals surface area contributed by atoms with Crippen LogP contribution in [0.15, 0.2) is 0 Å². The van der Waals surface area contributed by atoms with Gasteiger partial charge in [-0.2, -0.15) is 0 Å². The lowest BCUT2D eigenvalue weighted by atomic mass is 10.1. The summed E-state index contributed by atoms with van der Waals surface area (Å²) in [5.74, 6) is -2.43. The molecule has 0 spiro atoms. The topological polar surface area (TPSA) is 26.0 Å². The third-order valence-electron chi connectivity index (χ3n) is 2.64. The van der Waals surface area contributed by atoms with Crippen LogP contribution in [0.2, 0.25) is 0 Å². The van der Waals surface area contributed by atoms with Crippen molar-refractivity contribution in [3.05, 3.63) is 0 Å². The van der Waals surface area contributed by atoms with Crippen LogP contribution in [0.5, 0.6) is 0 Å². The predicted molar refractivity (Wildman–Crippen MR) is 36.5 cm³/mol. The smallest absolute Gasteiger partial charge is 0.266 e. The van der Waals surface area contributed by atoms with Crippen LogP contribution in [0, 0.1) is 5.92 Å². The van der Waals surface area contributed by atoms with E-state index in [9.17, 15) is 8.78 Å². The zero-order valence-electron chi connectivity index (χ0n) is 5.44. The summed E-state index contributed by atoms with van der Waals surface area (Å²) in [5, 5.41) is 0. The molecule has 0 amide bonds. The maximum atomic E-state index is 12.6. The van der Waals surface area contributed by atoms with Gasteiger partial charge in [0.25, 0.3) is 5.92 Å². The summed E-state index contributed by atoms with van der Waals surface area (Å²) < 4.78 is 25.3. The van der Waals surface area contributed by atoms with Crippen molar-refractivity contribution in [3.8, 4) is 0 Å². The number of alkyl halides is 2. The molecule has 0 unspecified atom stereocenters. The molecule has 2 rings (SSSR count). The van der Waals surface area contributed by atoms with Crippen molar-refractivity contribution in [1.29, 1.82) is 0 Å². The summed E-state index contributed by atoms with van der Waals surface area (Å²) >= 11 is 0. The first-order valence-corrected chi connectivity index (χ1v) is 3.23. The Morgan fingerprint density at radius 3 is 2.10 bits per heavy atom. The minimum absolute atomic E-state index is 0. The minimum Gasteiger partial charge on any atom is -0.320 e. The Morgan fingerprint density at radius 1 is 1.40 bits per heavy atom.